The topological polar surface area (TPSA) is 82.0 Å². The van der Waals surface area contributed by atoms with Crippen LogP contribution >= 0.6 is 0 Å². The number of aromatic nitrogens is 2. The van der Waals surface area contributed by atoms with Crippen molar-refractivity contribution in [3.8, 4) is 0 Å². The molecule has 5 nitrogen and oxygen atoms in total. The van der Waals surface area contributed by atoms with E-state index in [1.54, 1.807) is 0 Å². The fraction of sp³-hybridized carbons (Fsp3) is 0.400. The van der Waals surface area contributed by atoms with Crippen LogP contribution in [0.25, 0.3) is 0 Å². The van der Waals surface area contributed by atoms with E-state index in [0.29, 0.717) is 0 Å². The van der Waals surface area contributed by atoms with Crippen LogP contribution in [0, 0.1) is 0 Å². The minimum Gasteiger partial charge on any atom is -0.364 e. The zero-order chi connectivity index (χ0) is 10.1. The molecule has 1 heterocycles. The Morgan fingerprint density at radius 1 is 1.46 bits per heavy atom. The van der Waals surface area contributed by atoms with E-state index in [9.17, 15) is 18.0 Å². The van der Waals surface area contributed by atoms with Gasteiger partial charge in [0, 0.05) is 0 Å². The number of alkyl halides is 3. The van der Waals surface area contributed by atoms with Gasteiger partial charge in [0.1, 0.15) is 5.69 Å². The third-order valence-electron chi connectivity index (χ3n) is 1.16. The second kappa shape index (κ2) is 3.04. The van der Waals surface area contributed by atoms with Crippen LogP contribution in [0.4, 0.5) is 13.2 Å². The van der Waals surface area contributed by atoms with E-state index in [2.05, 4.69) is 14.9 Å². The standard InChI is InChI=1S/C5H4F3N3O2/c6-5(7,8)1-2-3(4(9)12)11-13-10-2/h1H2,(H2,9,12). The van der Waals surface area contributed by atoms with Gasteiger partial charge in [0.15, 0.2) is 5.69 Å². The molecule has 0 bridgehead atoms. The number of nitrogens with two attached hydrogens (primary N) is 1. The van der Waals surface area contributed by atoms with Gasteiger partial charge in [-0.2, -0.15) is 13.2 Å². The molecule has 0 unspecified atom stereocenters. The monoisotopic (exact) mass is 195 g/mol. The smallest absolute Gasteiger partial charge is 0.364 e. The maximum Gasteiger partial charge on any atom is 0.394 e. The molecule has 0 radical (unpaired) electrons. The first-order valence-corrected chi connectivity index (χ1v) is 3.08. The molecule has 0 aliphatic rings. The molecular formula is C5H4F3N3O2. The molecule has 72 valence electrons. The minimum atomic E-state index is -4.47. The lowest BCUT2D eigenvalue weighted by Gasteiger charge is -2.01. The molecule has 13 heavy (non-hydrogen) atoms. The number of hydrogen-bond acceptors (Lipinski definition) is 4. The maximum absolute atomic E-state index is 11.8. The molecule has 0 aromatic carbocycles. The first-order chi connectivity index (χ1) is 5.90. The highest BCUT2D eigenvalue weighted by Crippen LogP contribution is 2.21. The lowest BCUT2D eigenvalue weighted by Crippen LogP contribution is -2.18. The largest absolute Gasteiger partial charge is 0.394 e. The summed E-state index contributed by atoms with van der Waals surface area (Å²) in [4.78, 5) is 10.5. The molecule has 0 aliphatic heterocycles. The Hall–Kier alpha value is -1.60. The molecule has 0 saturated heterocycles. The second-order valence-electron chi connectivity index (χ2n) is 2.22. The minimum absolute atomic E-state index is 0.586. The maximum atomic E-state index is 11.8. The molecule has 0 atom stereocenters. The molecular weight excluding hydrogens is 191 g/mol. The van der Waals surface area contributed by atoms with Gasteiger partial charge in [0.25, 0.3) is 5.91 Å². The number of amides is 1. The molecule has 0 aliphatic carbocycles. The van der Waals surface area contributed by atoms with Crippen molar-refractivity contribution >= 4 is 5.91 Å². The Kier molecular flexibility index (Phi) is 2.22. The number of carbonyl (C=O) groups is 1. The zero-order valence-corrected chi connectivity index (χ0v) is 6.13. The van der Waals surface area contributed by atoms with Crippen molar-refractivity contribution in [1.29, 1.82) is 0 Å². The highest BCUT2D eigenvalue weighted by molar-refractivity contribution is 5.91. The van der Waals surface area contributed by atoms with Crippen molar-refractivity contribution in [2.45, 2.75) is 12.6 Å². The summed E-state index contributed by atoms with van der Waals surface area (Å²) in [6, 6.07) is 0. The number of hydrogen-bond donors (Lipinski definition) is 1. The number of nitrogens with zero attached hydrogens (tertiary/aromatic N) is 2. The summed E-state index contributed by atoms with van der Waals surface area (Å²) in [5.41, 5.74) is 3.53. The average molecular weight is 195 g/mol. The molecule has 1 amide bonds. The van der Waals surface area contributed by atoms with Crippen LogP contribution in [0.2, 0.25) is 0 Å². The van der Waals surface area contributed by atoms with E-state index in [0.717, 1.165) is 0 Å². The Bertz CT molecular complexity index is 319. The summed E-state index contributed by atoms with van der Waals surface area (Å²) in [7, 11) is 0. The quantitative estimate of drug-likeness (QED) is 0.734. The van der Waals surface area contributed by atoms with Crippen LogP contribution in [0.5, 0.6) is 0 Å². The summed E-state index contributed by atoms with van der Waals surface area (Å²) in [6.07, 6.45) is -5.85. The summed E-state index contributed by atoms with van der Waals surface area (Å²) < 4.78 is 39.4. The van der Waals surface area contributed by atoms with Crippen LogP contribution in [-0.4, -0.2) is 22.4 Å². The van der Waals surface area contributed by atoms with Crippen molar-refractivity contribution in [2.24, 2.45) is 5.73 Å². The predicted molar refractivity (Wildman–Crippen MR) is 32.6 cm³/mol. The van der Waals surface area contributed by atoms with E-state index in [-0.39, 0.29) is 0 Å². The van der Waals surface area contributed by atoms with Crippen LogP contribution in [0.3, 0.4) is 0 Å². The number of carbonyl (C=O) groups excluding carboxylic acids is 1. The van der Waals surface area contributed by atoms with Gasteiger partial charge in [-0.05, 0) is 5.16 Å². The van der Waals surface area contributed by atoms with Crippen molar-refractivity contribution in [3.63, 3.8) is 0 Å². The van der Waals surface area contributed by atoms with Gasteiger partial charge in [-0.1, -0.05) is 5.16 Å². The molecule has 1 aromatic heterocycles. The summed E-state index contributed by atoms with van der Waals surface area (Å²) in [5.74, 6) is -1.10. The van der Waals surface area contributed by atoms with Gasteiger partial charge < -0.3 is 5.73 Å². The summed E-state index contributed by atoms with van der Waals surface area (Å²) in [6.45, 7) is 0. The van der Waals surface area contributed by atoms with Gasteiger partial charge in [-0.15, -0.1) is 0 Å². The van der Waals surface area contributed by atoms with E-state index in [1.165, 1.54) is 0 Å². The fourth-order valence-electron chi connectivity index (χ4n) is 0.699. The Morgan fingerprint density at radius 3 is 2.54 bits per heavy atom. The van der Waals surface area contributed by atoms with Crippen LogP contribution in [-0.2, 0) is 6.42 Å². The van der Waals surface area contributed by atoms with E-state index in [1.807, 2.05) is 0 Å². The Morgan fingerprint density at radius 2 is 2.08 bits per heavy atom. The molecule has 8 heteroatoms. The van der Waals surface area contributed by atoms with Gasteiger partial charge >= 0.3 is 6.18 Å². The molecule has 1 rings (SSSR count). The van der Waals surface area contributed by atoms with Gasteiger partial charge in [-0.3, -0.25) is 4.79 Å². The van der Waals surface area contributed by atoms with E-state index in [4.69, 9.17) is 5.73 Å². The predicted octanol–water partition coefficient (Wildman–Crippen LogP) is 0.273. The molecule has 0 spiro atoms. The van der Waals surface area contributed by atoms with E-state index >= 15 is 0 Å². The molecule has 2 N–H and O–H groups in total. The van der Waals surface area contributed by atoms with Crippen LogP contribution in [0.1, 0.15) is 16.2 Å². The third kappa shape index (κ3) is 2.42. The first-order valence-electron chi connectivity index (χ1n) is 3.08. The van der Waals surface area contributed by atoms with Crippen molar-refractivity contribution < 1.29 is 22.6 Å². The third-order valence-corrected chi connectivity index (χ3v) is 1.16. The fourth-order valence-corrected chi connectivity index (χ4v) is 0.699. The van der Waals surface area contributed by atoms with Gasteiger partial charge in [0.2, 0.25) is 0 Å². The number of halogens is 3. The highest BCUT2D eigenvalue weighted by Gasteiger charge is 2.32. The normalized spacial score (nSPS) is 11.6. The average Bonchev–Trinajstić information content (AvgIpc) is 2.31. The molecule has 1 aromatic rings. The number of primary amides is 1. The van der Waals surface area contributed by atoms with Crippen molar-refractivity contribution in [2.75, 3.05) is 0 Å². The van der Waals surface area contributed by atoms with Crippen LogP contribution < -0.4 is 5.73 Å². The van der Waals surface area contributed by atoms with Crippen molar-refractivity contribution in [3.05, 3.63) is 11.4 Å². The molecule has 0 saturated carbocycles. The summed E-state index contributed by atoms with van der Waals surface area (Å²) in [5, 5.41) is 5.86. The zero-order valence-electron chi connectivity index (χ0n) is 6.13. The van der Waals surface area contributed by atoms with Gasteiger partial charge in [0.05, 0.1) is 6.42 Å². The number of rotatable bonds is 2. The lowest BCUT2D eigenvalue weighted by atomic mass is 10.2. The van der Waals surface area contributed by atoms with Crippen LogP contribution in [0.15, 0.2) is 4.63 Å². The first kappa shape index (κ1) is 9.49. The van der Waals surface area contributed by atoms with E-state index < -0.39 is 29.9 Å². The van der Waals surface area contributed by atoms with Gasteiger partial charge in [-0.25, -0.2) is 4.63 Å². The second-order valence-corrected chi connectivity index (χ2v) is 2.22. The summed E-state index contributed by atoms with van der Waals surface area (Å²) >= 11 is 0. The SMILES string of the molecule is NC(=O)c1nonc1CC(F)(F)F. The lowest BCUT2D eigenvalue weighted by molar-refractivity contribution is -0.128. The molecule has 0 fully saturated rings. The highest BCUT2D eigenvalue weighted by atomic mass is 19.4. The Balaban J connectivity index is 2.89. The van der Waals surface area contributed by atoms with Crippen molar-refractivity contribution in [1.82, 2.24) is 10.3 Å². The Labute approximate surface area is 69.7 Å².